The summed E-state index contributed by atoms with van der Waals surface area (Å²) in [5.41, 5.74) is 0.125. The van der Waals surface area contributed by atoms with Crippen LogP contribution in [0.15, 0.2) is 24.3 Å². The highest BCUT2D eigenvalue weighted by Crippen LogP contribution is 2.02. The molecule has 0 aliphatic rings. The van der Waals surface area contributed by atoms with Gasteiger partial charge in [0.25, 0.3) is 0 Å². The van der Waals surface area contributed by atoms with Gasteiger partial charge < -0.3 is 19.7 Å². The van der Waals surface area contributed by atoms with E-state index in [2.05, 4.69) is 16.1 Å². The van der Waals surface area contributed by atoms with Crippen molar-refractivity contribution >= 4 is 23.9 Å². The number of carbonyl (C=O) groups is 4. The van der Waals surface area contributed by atoms with E-state index in [9.17, 15) is 19.2 Å². The molecule has 0 heterocycles. The van der Waals surface area contributed by atoms with Gasteiger partial charge in [-0.2, -0.15) is 0 Å². The molecule has 0 saturated carbocycles. The monoisotopic (exact) mass is 302 g/mol. The van der Waals surface area contributed by atoms with Crippen LogP contribution in [0.1, 0.15) is 20.3 Å². The molecule has 0 unspecified atom stereocenters. The highest BCUT2D eigenvalue weighted by molar-refractivity contribution is 5.93. The highest BCUT2D eigenvalue weighted by atomic mass is 16.5. The molecule has 118 valence electrons. The summed E-state index contributed by atoms with van der Waals surface area (Å²) in [7, 11) is 0. The average Bonchev–Trinajstić information content (AvgIpc) is 2.37. The van der Waals surface area contributed by atoms with Crippen LogP contribution in [0, 0.1) is 0 Å². The van der Waals surface area contributed by atoms with E-state index in [1.165, 1.54) is 0 Å². The van der Waals surface area contributed by atoms with Crippen molar-refractivity contribution in [3.8, 4) is 0 Å². The molecule has 21 heavy (non-hydrogen) atoms. The molecule has 2 N–H and O–H groups in total. The second kappa shape index (κ2) is 12.4. The predicted molar refractivity (Wildman–Crippen MR) is 71.4 cm³/mol. The summed E-state index contributed by atoms with van der Waals surface area (Å²) in [6.07, 6.45) is 1.01. The summed E-state index contributed by atoms with van der Waals surface area (Å²) in [4.78, 5) is 40.9. The second-order valence-corrected chi connectivity index (χ2v) is 3.32. The Bertz CT molecular complexity index is 406. The van der Waals surface area contributed by atoms with Crippen molar-refractivity contribution in [2.75, 3.05) is 13.2 Å². The Balaban J connectivity index is 0. The Labute approximate surface area is 121 Å². The lowest BCUT2D eigenvalue weighted by molar-refractivity contribution is -0.145. The van der Waals surface area contributed by atoms with Gasteiger partial charge in [-0.05, 0) is 13.8 Å². The fourth-order valence-electron chi connectivity index (χ4n) is 0.834. The number of carbonyl (C=O) groups excluding carboxylic acids is 2. The van der Waals surface area contributed by atoms with E-state index in [0.717, 1.165) is 0 Å². The van der Waals surface area contributed by atoms with Crippen LogP contribution in [0.5, 0.6) is 0 Å². The number of aliphatic carboxylic acids is 2. The molecule has 0 atom stereocenters. The van der Waals surface area contributed by atoms with Crippen molar-refractivity contribution < 1.29 is 38.9 Å². The van der Waals surface area contributed by atoms with Crippen molar-refractivity contribution in [3.05, 3.63) is 24.3 Å². The van der Waals surface area contributed by atoms with Gasteiger partial charge in [0.1, 0.15) is 0 Å². The van der Waals surface area contributed by atoms with E-state index in [-0.39, 0.29) is 18.6 Å². The maximum atomic E-state index is 11.0. The van der Waals surface area contributed by atoms with E-state index in [1.807, 2.05) is 0 Å². The van der Waals surface area contributed by atoms with Crippen molar-refractivity contribution in [1.29, 1.82) is 0 Å². The number of hydrogen-bond acceptors (Lipinski definition) is 6. The number of rotatable bonds is 7. The van der Waals surface area contributed by atoms with Crippen LogP contribution in [0.4, 0.5) is 0 Å². The molecule has 8 nitrogen and oxygen atoms in total. The normalized spacial score (nSPS) is 9.24. The summed E-state index contributed by atoms with van der Waals surface area (Å²) >= 11 is 0. The zero-order chi connectivity index (χ0) is 16.8. The lowest BCUT2D eigenvalue weighted by Crippen LogP contribution is -2.12. The van der Waals surface area contributed by atoms with Gasteiger partial charge >= 0.3 is 23.9 Å². The van der Waals surface area contributed by atoms with Gasteiger partial charge in [-0.25, -0.2) is 14.4 Å². The van der Waals surface area contributed by atoms with Crippen LogP contribution in [-0.4, -0.2) is 47.3 Å². The van der Waals surface area contributed by atoms with Gasteiger partial charge in [0.15, 0.2) is 0 Å². The third kappa shape index (κ3) is 15.3. The molecule has 0 saturated heterocycles. The Morgan fingerprint density at radius 2 is 1.38 bits per heavy atom. The first-order valence-corrected chi connectivity index (χ1v) is 5.88. The van der Waals surface area contributed by atoms with Crippen molar-refractivity contribution in [1.82, 2.24) is 0 Å². The molecule has 0 aromatic heterocycles. The van der Waals surface area contributed by atoms with Gasteiger partial charge in [0.2, 0.25) is 0 Å². The molecule has 8 heteroatoms. The molecule has 0 bridgehead atoms. The molecule has 0 aliphatic carbocycles. The average molecular weight is 302 g/mol. The summed E-state index contributed by atoms with van der Waals surface area (Å²) in [6, 6.07) is 0. The number of esters is 2. The van der Waals surface area contributed by atoms with Gasteiger partial charge in [-0.3, -0.25) is 4.79 Å². The minimum absolute atomic E-state index is 0.104. The fraction of sp³-hybridized carbons (Fsp3) is 0.385. The van der Waals surface area contributed by atoms with E-state index in [4.69, 9.17) is 10.2 Å². The molecule has 0 rings (SSSR count). The highest BCUT2D eigenvalue weighted by Gasteiger charge is 2.12. The second-order valence-electron chi connectivity index (χ2n) is 3.32. The first kappa shape index (κ1) is 20.7. The number of ether oxygens (including phenoxy) is 2. The van der Waals surface area contributed by atoms with Gasteiger partial charge in [-0.15, -0.1) is 0 Å². The fourth-order valence-corrected chi connectivity index (χ4v) is 0.834. The van der Waals surface area contributed by atoms with E-state index >= 15 is 0 Å². The first-order chi connectivity index (χ1) is 9.74. The van der Waals surface area contributed by atoms with E-state index in [1.54, 1.807) is 13.8 Å². The third-order valence-corrected chi connectivity index (χ3v) is 1.60. The van der Waals surface area contributed by atoms with Crippen LogP contribution in [-0.2, 0) is 28.7 Å². The first-order valence-electron chi connectivity index (χ1n) is 5.88. The maximum Gasteiger partial charge on any atom is 0.333 e. The van der Waals surface area contributed by atoms with Gasteiger partial charge in [0.05, 0.1) is 19.6 Å². The lowest BCUT2D eigenvalue weighted by atomic mass is 10.2. The summed E-state index contributed by atoms with van der Waals surface area (Å²) in [6.45, 7) is 7.39. The van der Waals surface area contributed by atoms with Crippen molar-refractivity contribution in [2.45, 2.75) is 20.3 Å². The minimum Gasteiger partial charge on any atom is -0.478 e. The smallest absolute Gasteiger partial charge is 0.333 e. The largest absolute Gasteiger partial charge is 0.478 e. The van der Waals surface area contributed by atoms with Gasteiger partial charge in [0, 0.05) is 17.7 Å². The molecule has 0 aromatic carbocycles. The van der Waals surface area contributed by atoms with Crippen molar-refractivity contribution in [3.63, 3.8) is 0 Å². The Hall–Kier alpha value is -2.64. The molecule has 0 spiro atoms. The third-order valence-electron chi connectivity index (χ3n) is 1.60. The summed E-state index contributed by atoms with van der Waals surface area (Å²) < 4.78 is 9.27. The topological polar surface area (TPSA) is 127 Å². The van der Waals surface area contributed by atoms with Crippen LogP contribution in [0.2, 0.25) is 0 Å². The minimum atomic E-state index is -1.26. The molecular formula is C13H18O8. The maximum absolute atomic E-state index is 11.0. The van der Waals surface area contributed by atoms with Crippen LogP contribution < -0.4 is 0 Å². The van der Waals surface area contributed by atoms with Crippen LogP contribution >= 0.6 is 0 Å². The Kier molecular flexibility index (Phi) is 12.2. The number of hydrogen-bond donors (Lipinski definition) is 2. The predicted octanol–water partition coefficient (Wildman–Crippen LogP) is 0.771. The number of carboxylic acids is 2. The molecule has 0 radical (unpaired) electrons. The Morgan fingerprint density at radius 1 is 0.952 bits per heavy atom. The summed E-state index contributed by atoms with van der Waals surface area (Å²) in [5, 5.41) is 15.6. The van der Waals surface area contributed by atoms with E-state index in [0.29, 0.717) is 18.8 Å². The van der Waals surface area contributed by atoms with Gasteiger partial charge in [-0.1, -0.05) is 6.58 Å². The lowest BCUT2D eigenvalue weighted by Gasteiger charge is -2.04. The molecular weight excluding hydrogens is 284 g/mol. The molecule has 0 aliphatic heterocycles. The van der Waals surface area contributed by atoms with E-state index < -0.39 is 23.9 Å². The van der Waals surface area contributed by atoms with Crippen LogP contribution in [0.3, 0.4) is 0 Å². The quantitative estimate of drug-likeness (QED) is 0.521. The number of carboxylic acid groups (broad SMARTS) is 2. The molecule has 0 aromatic rings. The van der Waals surface area contributed by atoms with Crippen molar-refractivity contribution in [2.24, 2.45) is 0 Å². The SMILES string of the molecule is C=C(CC(=O)OCC)C(=O)OCC.O=C(O)/C=C/C(=O)O. The zero-order valence-electron chi connectivity index (χ0n) is 11.8. The standard InChI is InChI=1S/C9H14O4.C4H4O4/c1-4-12-8(10)6-7(3)9(11)13-5-2;5-3(6)1-2-4(7)8/h3-6H2,1-2H3;1-2H,(H,5,6)(H,7,8)/b;2-1+. The zero-order valence-corrected chi connectivity index (χ0v) is 11.8. The molecule has 0 amide bonds. The Morgan fingerprint density at radius 3 is 1.71 bits per heavy atom. The van der Waals surface area contributed by atoms with Crippen LogP contribution in [0.25, 0.3) is 0 Å². The summed E-state index contributed by atoms with van der Waals surface area (Å²) in [5.74, 6) is -3.52. The molecule has 0 fully saturated rings.